The minimum Gasteiger partial charge on any atom is -0.344 e. The molecule has 1 heterocycles. The van der Waals surface area contributed by atoms with E-state index in [1.165, 1.54) is 12.8 Å². The molecule has 1 aliphatic heterocycles. The second kappa shape index (κ2) is 6.21. The third kappa shape index (κ3) is 4.31. The van der Waals surface area contributed by atoms with Gasteiger partial charge in [0.15, 0.2) is 0 Å². The summed E-state index contributed by atoms with van der Waals surface area (Å²) in [6, 6.07) is -0.421. The molecule has 1 fully saturated rings. The minimum absolute atomic E-state index is 0.0505. The van der Waals surface area contributed by atoms with E-state index in [4.69, 9.17) is 0 Å². The molecule has 2 amide bonds. The topological polar surface area (TPSA) is 49.4 Å². The number of hydrogen-bond donors (Lipinski definition) is 1. The third-order valence-corrected chi connectivity index (χ3v) is 3.32. The molecule has 0 radical (unpaired) electrons. The Kier molecular flexibility index (Phi) is 5.17. The van der Waals surface area contributed by atoms with E-state index in [1.54, 1.807) is 6.92 Å². The van der Waals surface area contributed by atoms with E-state index in [0.717, 1.165) is 25.9 Å². The molecule has 0 bridgehead atoms. The van der Waals surface area contributed by atoms with Crippen molar-refractivity contribution in [3.8, 4) is 0 Å². The van der Waals surface area contributed by atoms with Crippen LogP contribution in [0.3, 0.4) is 0 Å². The number of carbonyl (C=O) groups excluding carboxylic acids is 2. The lowest BCUT2D eigenvalue weighted by atomic mass is 9.95. The van der Waals surface area contributed by atoms with Gasteiger partial charge in [0, 0.05) is 18.5 Å². The Morgan fingerprint density at radius 1 is 1.06 bits per heavy atom. The molecule has 4 heteroatoms. The number of likely N-dealkylation sites (tertiary alicyclic amines) is 1. The van der Waals surface area contributed by atoms with E-state index in [9.17, 15) is 9.59 Å². The van der Waals surface area contributed by atoms with Crippen LogP contribution in [0.1, 0.15) is 53.4 Å². The van der Waals surface area contributed by atoms with E-state index >= 15 is 0 Å². The van der Waals surface area contributed by atoms with Crippen molar-refractivity contribution in [2.75, 3.05) is 13.1 Å². The fourth-order valence-electron chi connectivity index (χ4n) is 2.04. The molecule has 1 atom stereocenters. The highest BCUT2D eigenvalue weighted by atomic mass is 16.2. The summed E-state index contributed by atoms with van der Waals surface area (Å²) in [5.41, 5.74) is -0.451. The Morgan fingerprint density at radius 3 is 2.00 bits per heavy atom. The van der Waals surface area contributed by atoms with Crippen LogP contribution in [0.15, 0.2) is 0 Å². The normalized spacial score (nSPS) is 19.0. The van der Waals surface area contributed by atoms with Crippen LogP contribution in [0.5, 0.6) is 0 Å². The Bertz CT molecular complexity index is 299. The first-order chi connectivity index (χ1) is 8.32. The quantitative estimate of drug-likeness (QED) is 0.818. The van der Waals surface area contributed by atoms with Gasteiger partial charge >= 0.3 is 0 Å². The van der Waals surface area contributed by atoms with E-state index in [1.807, 2.05) is 25.7 Å². The molecule has 0 aromatic carbocycles. The molecule has 0 aromatic rings. The van der Waals surface area contributed by atoms with Crippen molar-refractivity contribution in [1.29, 1.82) is 0 Å². The van der Waals surface area contributed by atoms with Gasteiger partial charge in [-0.25, -0.2) is 0 Å². The summed E-state index contributed by atoms with van der Waals surface area (Å²) < 4.78 is 0. The van der Waals surface area contributed by atoms with Crippen molar-refractivity contribution in [1.82, 2.24) is 10.2 Å². The van der Waals surface area contributed by atoms with Crippen molar-refractivity contribution >= 4 is 11.8 Å². The third-order valence-electron chi connectivity index (χ3n) is 3.32. The molecule has 1 N–H and O–H groups in total. The highest BCUT2D eigenvalue weighted by molar-refractivity contribution is 5.89. The molecular formula is C14H26N2O2. The zero-order valence-electron chi connectivity index (χ0n) is 12.1. The van der Waals surface area contributed by atoms with Crippen LogP contribution < -0.4 is 5.32 Å². The average Bonchev–Trinajstić information content (AvgIpc) is 2.55. The second-order valence-electron chi connectivity index (χ2n) is 6.18. The summed E-state index contributed by atoms with van der Waals surface area (Å²) in [5, 5.41) is 2.81. The molecule has 1 rings (SSSR count). The number of nitrogens with one attached hydrogen (secondary N) is 1. The first-order valence-electron chi connectivity index (χ1n) is 6.92. The van der Waals surface area contributed by atoms with Crippen molar-refractivity contribution in [3.05, 3.63) is 0 Å². The molecule has 0 saturated carbocycles. The molecule has 1 aliphatic rings. The molecule has 0 spiro atoms. The van der Waals surface area contributed by atoms with Crippen LogP contribution in [0.2, 0.25) is 0 Å². The number of hydrogen-bond acceptors (Lipinski definition) is 2. The van der Waals surface area contributed by atoms with E-state index in [-0.39, 0.29) is 11.8 Å². The fraction of sp³-hybridized carbons (Fsp3) is 0.857. The summed E-state index contributed by atoms with van der Waals surface area (Å²) in [6.45, 7) is 8.99. The summed E-state index contributed by atoms with van der Waals surface area (Å²) in [4.78, 5) is 26.0. The Labute approximate surface area is 110 Å². The van der Waals surface area contributed by atoms with E-state index < -0.39 is 11.5 Å². The van der Waals surface area contributed by atoms with Gasteiger partial charge in [-0.15, -0.1) is 0 Å². The minimum atomic E-state index is -0.451. The largest absolute Gasteiger partial charge is 0.344 e. The zero-order valence-corrected chi connectivity index (χ0v) is 12.1. The van der Waals surface area contributed by atoms with Crippen LogP contribution in [-0.2, 0) is 9.59 Å². The van der Waals surface area contributed by atoms with Gasteiger partial charge in [-0.2, -0.15) is 0 Å². The average molecular weight is 254 g/mol. The molecule has 18 heavy (non-hydrogen) atoms. The molecule has 104 valence electrons. The Morgan fingerprint density at radius 2 is 1.56 bits per heavy atom. The molecule has 1 saturated heterocycles. The van der Waals surface area contributed by atoms with E-state index in [0.29, 0.717) is 0 Å². The zero-order chi connectivity index (χ0) is 13.8. The first kappa shape index (κ1) is 15.0. The number of amides is 2. The Balaban J connectivity index is 2.52. The maximum absolute atomic E-state index is 12.2. The van der Waals surface area contributed by atoms with Gasteiger partial charge < -0.3 is 10.2 Å². The predicted molar refractivity (Wildman–Crippen MR) is 72.1 cm³/mol. The number of rotatable bonds is 2. The van der Waals surface area contributed by atoms with Crippen LogP contribution in [-0.4, -0.2) is 35.8 Å². The molecular weight excluding hydrogens is 228 g/mol. The highest BCUT2D eigenvalue weighted by Gasteiger charge is 2.27. The maximum Gasteiger partial charge on any atom is 0.244 e. The van der Waals surface area contributed by atoms with Crippen molar-refractivity contribution < 1.29 is 9.59 Å². The lowest BCUT2D eigenvalue weighted by Gasteiger charge is -2.27. The SMILES string of the molecule is CC(NC(=O)C(C)(C)C)C(=O)N1CCCCCC1. The Hall–Kier alpha value is -1.06. The summed E-state index contributed by atoms with van der Waals surface area (Å²) in [6.07, 6.45) is 4.55. The second-order valence-corrected chi connectivity index (χ2v) is 6.18. The molecule has 0 aromatic heterocycles. The summed E-state index contributed by atoms with van der Waals surface area (Å²) >= 11 is 0. The van der Waals surface area contributed by atoms with Crippen LogP contribution in [0, 0.1) is 5.41 Å². The monoisotopic (exact) mass is 254 g/mol. The van der Waals surface area contributed by atoms with Gasteiger partial charge in [0.25, 0.3) is 0 Å². The smallest absolute Gasteiger partial charge is 0.244 e. The van der Waals surface area contributed by atoms with E-state index in [2.05, 4.69) is 5.32 Å². The first-order valence-corrected chi connectivity index (χ1v) is 6.92. The van der Waals surface area contributed by atoms with Gasteiger partial charge in [0.2, 0.25) is 11.8 Å². The van der Waals surface area contributed by atoms with Gasteiger partial charge in [0.05, 0.1) is 0 Å². The molecule has 0 aliphatic carbocycles. The maximum atomic E-state index is 12.2. The molecule has 1 unspecified atom stereocenters. The van der Waals surface area contributed by atoms with Crippen molar-refractivity contribution in [2.45, 2.75) is 59.4 Å². The van der Waals surface area contributed by atoms with Crippen LogP contribution in [0.25, 0.3) is 0 Å². The van der Waals surface area contributed by atoms with Gasteiger partial charge in [-0.05, 0) is 19.8 Å². The molecule has 4 nitrogen and oxygen atoms in total. The standard InChI is InChI=1S/C14H26N2O2/c1-11(15-13(18)14(2,3)4)12(17)16-9-7-5-6-8-10-16/h11H,5-10H2,1-4H3,(H,15,18). The number of nitrogens with zero attached hydrogens (tertiary/aromatic N) is 1. The lowest BCUT2D eigenvalue weighted by Crippen LogP contribution is -2.49. The van der Waals surface area contributed by atoms with Gasteiger partial charge in [0.1, 0.15) is 6.04 Å². The van der Waals surface area contributed by atoms with Gasteiger partial charge in [-0.1, -0.05) is 33.6 Å². The lowest BCUT2D eigenvalue weighted by molar-refractivity contribution is -0.138. The summed E-state index contributed by atoms with van der Waals surface area (Å²) in [5.74, 6) is -0.0207. The van der Waals surface area contributed by atoms with Crippen LogP contribution in [0.4, 0.5) is 0 Å². The summed E-state index contributed by atoms with van der Waals surface area (Å²) in [7, 11) is 0. The van der Waals surface area contributed by atoms with Gasteiger partial charge in [-0.3, -0.25) is 9.59 Å². The predicted octanol–water partition coefficient (Wildman–Crippen LogP) is 1.94. The highest BCUT2D eigenvalue weighted by Crippen LogP contribution is 2.14. The van der Waals surface area contributed by atoms with Crippen LogP contribution >= 0.6 is 0 Å². The number of carbonyl (C=O) groups is 2. The fourth-order valence-corrected chi connectivity index (χ4v) is 2.04. The van der Waals surface area contributed by atoms with Crippen molar-refractivity contribution in [3.63, 3.8) is 0 Å². The van der Waals surface area contributed by atoms with Crippen molar-refractivity contribution in [2.24, 2.45) is 5.41 Å².